The Morgan fingerprint density at radius 3 is 2.53 bits per heavy atom. The summed E-state index contributed by atoms with van der Waals surface area (Å²) in [6.45, 7) is 1.02. The zero-order chi connectivity index (χ0) is 11.8. The van der Waals surface area contributed by atoms with Gasteiger partial charge in [0.2, 0.25) is 0 Å². The number of methoxy groups -OCH3 is 1. The molecule has 0 aliphatic carbocycles. The van der Waals surface area contributed by atoms with Gasteiger partial charge in [0.25, 0.3) is 0 Å². The van der Waals surface area contributed by atoms with E-state index in [1.54, 1.807) is 7.11 Å². The van der Waals surface area contributed by atoms with Gasteiger partial charge in [0.15, 0.2) is 0 Å². The van der Waals surface area contributed by atoms with E-state index in [0.29, 0.717) is 0 Å². The van der Waals surface area contributed by atoms with E-state index in [0.717, 1.165) is 22.3 Å². The summed E-state index contributed by atoms with van der Waals surface area (Å²) in [7, 11) is 8.28. The van der Waals surface area contributed by atoms with Crippen molar-refractivity contribution in [3.8, 4) is 5.75 Å². The number of hydrogen-bond acceptors (Lipinski definition) is 1. The minimum Gasteiger partial charge on any atom is -1.00 e. The van der Waals surface area contributed by atoms with E-state index in [-0.39, 0.29) is 24.0 Å². The van der Waals surface area contributed by atoms with Crippen LogP contribution in [-0.2, 0) is 6.54 Å². The van der Waals surface area contributed by atoms with Crippen LogP contribution in [0.4, 0.5) is 0 Å². The van der Waals surface area contributed by atoms with Gasteiger partial charge < -0.3 is 38.2 Å². The topological polar surface area (TPSA) is 25.0 Å². The third-order valence-electron chi connectivity index (χ3n) is 2.62. The normalized spacial score (nSPS) is 11.3. The van der Waals surface area contributed by atoms with Gasteiger partial charge in [-0.25, -0.2) is 0 Å². The minimum absolute atomic E-state index is 0. The number of quaternary nitrogens is 1. The summed E-state index contributed by atoms with van der Waals surface area (Å²) in [6.07, 6.45) is 2.09. The van der Waals surface area contributed by atoms with Crippen LogP contribution >= 0.6 is 0 Å². The lowest BCUT2D eigenvalue weighted by molar-refractivity contribution is -0.883. The number of hydrogen-bond donors (Lipinski definition) is 1. The Balaban J connectivity index is 0.00000144. The molecule has 1 aromatic carbocycles. The first-order valence-electron chi connectivity index (χ1n) is 5.44. The summed E-state index contributed by atoms with van der Waals surface area (Å²) >= 11 is 0. The maximum atomic E-state index is 5.21. The van der Waals surface area contributed by atoms with Crippen molar-refractivity contribution in [3.05, 3.63) is 30.0 Å². The summed E-state index contributed by atoms with van der Waals surface area (Å²) in [5.74, 6) is 0.895. The predicted octanol–water partition coefficient (Wildman–Crippen LogP) is -0.613. The fourth-order valence-electron chi connectivity index (χ4n) is 1.93. The zero-order valence-corrected chi connectivity index (χ0v) is 12.9. The van der Waals surface area contributed by atoms with Crippen LogP contribution in [0.25, 0.3) is 10.9 Å². The van der Waals surface area contributed by atoms with Crippen molar-refractivity contribution >= 4 is 10.9 Å². The molecule has 0 bridgehead atoms. The standard InChI is InChI=1S/C13H19N2O.HI/c1-15(2,3)9-10-8-14-13-7-11(16-4)5-6-12(10)13;/h5-8,14H,9H2,1-4H3;1H/q+1;/p-1. The van der Waals surface area contributed by atoms with Crippen molar-refractivity contribution in [2.45, 2.75) is 6.54 Å². The van der Waals surface area contributed by atoms with Gasteiger partial charge in [-0.3, -0.25) is 0 Å². The molecule has 94 valence electrons. The summed E-state index contributed by atoms with van der Waals surface area (Å²) < 4.78 is 6.14. The number of ether oxygens (including phenoxy) is 1. The molecule has 0 aliphatic rings. The van der Waals surface area contributed by atoms with Crippen LogP contribution in [0.2, 0.25) is 0 Å². The van der Waals surface area contributed by atoms with Crippen LogP contribution in [0, 0.1) is 0 Å². The molecule has 0 radical (unpaired) electrons. The van der Waals surface area contributed by atoms with Crippen molar-refractivity contribution < 1.29 is 33.2 Å². The number of nitrogens with one attached hydrogen (secondary N) is 1. The van der Waals surface area contributed by atoms with E-state index in [9.17, 15) is 0 Å². The molecule has 0 atom stereocenters. The molecule has 2 rings (SSSR count). The maximum Gasteiger partial charge on any atom is 0.120 e. The highest BCUT2D eigenvalue weighted by Gasteiger charge is 2.12. The highest BCUT2D eigenvalue weighted by molar-refractivity contribution is 5.84. The largest absolute Gasteiger partial charge is 1.00 e. The Labute approximate surface area is 119 Å². The van der Waals surface area contributed by atoms with Gasteiger partial charge in [-0.2, -0.15) is 0 Å². The van der Waals surface area contributed by atoms with Crippen LogP contribution in [0.15, 0.2) is 24.4 Å². The smallest absolute Gasteiger partial charge is 0.120 e. The molecule has 0 spiro atoms. The van der Waals surface area contributed by atoms with E-state index < -0.39 is 0 Å². The van der Waals surface area contributed by atoms with Gasteiger partial charge in [0, 0.05) is 28.7 Å². The number of aromatic amines is 1. The van der Waals surface area contributed by atoms with Gasteiger partial charge in [0.1, 0.15) is 12.3 Å². The summed E-state index contributed by atoms with van der Waals surface area (Å²) in [6, 6.07) is 6.17. The number of nitrogens with zero attached hydrogens (tertiary/aromatic N) is 1. The minimum atomic E-state index is 0. The van der Waals surface area contributed by atoms with Crippen LogP contribution in [0.1, 0.15) is 5.56 Å². The molecular formula is C13H19IN2O. The van der Waals surface area contributed by atoms with Crippen molar-refractivity contribution in [3.63, 3.8) is 0 Å². The van der Waals surface area contributed by atoms with Crippen LogP contribution < -0.4 is 28.7 Å². The lowest BCUT2D eigenvalue weighted by Crippen LogP contribution is -3.00. The van der Waals surface area contributed by atoms with Crippen LogP contribution in [-0.4, -0.2) is 37.7 Å². The van der Waals surface area contributed by atoms with Gasteiger partial charge in [-0.05, 0) is 12.1 Å². The van der Waals surface area contributed by atoms with Crippen molar-refractivity contribution in [1.82, 2.24) is 4.98 Å². The first-order chi connectivity index (χ1) is 7.49. The number of aromatic nitrogens is 1. The summed E-state index contributed by atoms with van der Waals surface area (Å²) in [5.41, 5.74) is 2.49. The Morgan fingerprint density at radius 2 is 1.94 bits per heavy atom. The van der Waals surface area contributed by atoms with Crippen LogP contribution in [0.5, 0.6) is 5.75 Å². The number of fused-ring (bicyclic) bond motifs is 1. The molecule has 0 unspecified atom stereocenters. The van der Waals surface area contributed by atoms with Gasteiger partial charge in [-0.15, -0.1) is 0 Å². The Kier molecular flexibility index (Phi) is 4.43. The quantitative estimate of drug-likeness (QED) is 0.582. The average molecular weight is 346 g/mol. The molecule has 0 saturated heterocycles. The van der Waals surface area contributed by atoms with Crippen molar-refractivity contribution in [2.75, 3.05) is 28.3 Å². The monoisotopic (exact) mass is 346 g/mol. The lowest BCUT2D eigenvalue weighted by Gasteiger charge is -2.23. The fraction of sp³-hybridized carbons (Fsp3) is 0.385. The molecule has 0 fully saturated rings. The van der Waals surface area contributed by atoms with E-state index in [2.05, 4.69) is 38.4 Å². The molecular weight excluding hydrogens is 327 g/mol. The number of H-pyrrole nitrogens is 1. The Hall–Kier alpha value is -0.750. The first-order valence-corrected chi connectivity index (χ1v) is 5.44. The van der Waals surface area contributed by atoms with E-state index in [4.69, 9.17) is 4.74 Å². The molecule has 3 nitrogen and oxygen atoms in total. The summed E-state index contributed by atoms with van der Waals surface area (Å²) in [4.78, 5) is 3.30. The predicted molar refractivity (Wildman–Crippen MR) is 66.6 cm³/mol. The number of benzene rings is 1. The van der Waals surface area contributed by atoms with Gasteiger partial charge in [-0.1, -0.05) is 0 Å². The first kappa shape index (κ1) is 14.3. The molecule has 4 heteroatoms. The highest BCUT2D eigenvalue weighted by Crippen LogP contribution is 2.24. The van der Waals surface area contributed by atoms with Crippen LogP contribution in [0.3, 0.4) is 0 Å². The molecule has 2 aromatic rings. The maximum absolute atomic E-state index is 5.21. The van der Waals surface area contributed by atoms with E-state index in [1.807, 2.05) is 12.1 Å². The third kappa shape index (κ3) is 3.35. The Bertz CT molecular complexity index is 500. The second kappa shape index (κ2) is 5.27. The van der Waals surface area contributed by atoms with Crippen molar-refractivity contribution in [1.29, 1.82) is 0 Å². The summed E-state index contributed by atoms with van der Waals surface area (Å²) in [5, 5.41) is 1.29. The second-order valence-corrected chi connectivity index (χ2v) is 5.17. The zero-order valence-electron chi connectivity index (χ0n) is 10.7. The van der Waals surface area contributed by atoms with Gasteiger partial charge >= 0.3 is 0 Å². The molecule has 1 heterocycles. The molecule has 17 heavy (non-hydrogen) atoms. The van der Waals surface area contributed by atoms with E-state index >= 15 is 0 Å². The molecule has 0 saturated carbocycles. The highest BCUT2D eigenvalue weighted by atomic mass is 127. The second-order valence-electron chi connectivity index (χ2n) is 5.17. The SMILES string of the molecule is COc1ccc2c(C[N+](C)(C)C)c[nH]c2c1.[I-]. The molecule has 1 aromatic heterocycles. The van der Waals surface area contributed by atoms with Gasteiger partial charge in [0.05, 0.1) is 28.3 Å². The molecule has 1 N–H and O–H groups in total. The molecule has 0 aliphatic heterocycles. The van der Waals surface area contributed by atoms with E-state index in [1.165, 1.54) is 10.9 Å². The molecule has 0 amide bonds. The average Bonchev–Trinajstić information content (AvgIpc) is 2.58. The number of halogens is 1. The lowest BCUT2D eigenvalue weighted by atomic mass is 10.1. The van der Waals surface area contributed by atoms with Crippen molar-refractivity contribution in [2.24, 2.45) is 0 Å². The third-order valence-corrected chi connectivity index (χ3v) is 2.62. The Morgan fingerprint density at radius 1 is 1.24 bits per heavy atom. The fourth-order valence-corrected chi connectivity index (χ4v) is 1.93. The number of rotatable bonds is 3.